The Kier molecular flexibility index (Phi) is 6.06. The summed E-state index contributed by atoms with van der Waals surface area (Å²) in [6, 6.07) is 16.2. The van der Waals surface area contributed by atoms with E-state index in [1.165, 1.54) is 5.56 Å². The van der Waals surface area contributed by atoms with Crippen LogP contribution in [0.25, 0.3) is 0 Å². The monoisotopic (exact) mass is 397 g/mol. The van der Waals surface area contributed by atoms with E-state index in [0.717, 1.165) is 62.0 Å². The average Bonchev–Trinajstić information content (AvgIpc) is 2.70. The molecule has 0 N–H and O–H groups in total. The highest BCUT2D eigenvalue weighted by Gasteiger charge is 2.45. The molecular weight excluding hydrogens is 364 g/mol. The van der Waals surface area contributed by atoms with Gasteiger partial charge in [-0.1, -0.05) is 55.5 Å². The van der Waals surface area contributed by atoms with Crippen molar-refractivity contribution < 1.29 is 8.78 Å². The molecule has 156 valence electrons. The molecule has 0 radical (unpaired) electrons. The van der Waals surface area contributed by atoms with Gasteiger partial charge in [-0.15, -0.1) is 0 Å². The third-order valence-corrected chi connectivity index (χ3v) is 7.03. The molecule has 2 fully saturated rings. The molecule has 0 bridgehead atoms. The van der Waals surface area contributed by atoms with E-state index in [9.17, 15) is 0 Å². The maximum absolute atomic E-state index is 15.4. The summed E-state index contributed by atoms with van der Waals surface area (Å²) in [6.45, 7) is 5.02. The molecule has 2 aliphatic carbocycles. The lowest BCUT2D eigenvalue weighted by atomic mass is 9.69. The van der Waals surface area contributed by atoms with Crippen molar-refractivity contribution in [1.82, 2.24) is 4.90 Å². The van der Waals surface area contributed by atoms with Gasteiger partial charge in [-0.2, -0.15) is 0 Å². The Morgan fingerprint density at radius 3 is 1.90 bits per heavy atom. The standard InChI is InChI=1S/C26H33F2N/c1-2-29(20-21-10-4-3-5-11-21)19-7-12-22-23(25(27)15-8-16-25)13-6-14-24(22)26(28)17-9-18-26/h3-6,10-11,13-14H,2,7-9,12,15-20H2,1H3. The van der Waals surface area contributed by atoms with Crippen LogP contribution in [0.1, 0.15) is 74.1 Å². The van der Waals surface area contributed by atoms with Crippen molar-refractivity contribution in [3.63, 3.8) is 0 Å². The van der Waals surface area contributed by atoms with E-state index >= 15 is 8.78 Å². The molecular formula is C26H33F2N. The minimum absolute atomic E-state index is 0.581. The van der Waals surface area contributed by atoms with E-state index in [0.29, 0.717) is 25.7 Å². The maximum atomic E-state index is 15.4. The number of rotatable bonds is 9. The predicted molar refractivity (Wildman–Crippen MR) is 115 cm³/mol. The molecule has 2 saturated carbocycles. The van der Waals surface area contributed by atoms with E-state index < -0.39 is 11.3 Å². The third kappa shape index (κ3) is 4.26. The Labute approximate surface area is 174 Å². The largest absolute Gasteiger partial charge is 0.299 e. The number of hydrogen-bond acceptors (Lipinski definition) is 1. The number of nitrogens with zero attached hydrogens (tertiary/aromatic N) is 1. The summed E-state index contributed by atoms with van der Waals surface area (Å²) in [5.41, 5.74) is 1.35. The molecule has 0 spiro atoms. The molecule has 2 aromatic carbocycles. The van der Waals surface area contributed by atoms with Gasteiger partial charge < -0.3 is 0 Å². The first-order chi connectivity index (χ1) is 14.0. The zero-order valence-electron chi connectivity index (χ0n) is 17.6. The fourth-order valence-electron chi connectivity index (χ4n) is 4.88. The first-order valence-electron chi connectivity index (χ1n) is 11.3. The highest BCUT2D eigenvalue weighted by atomic mass is 19.1. The highest BCUT2D eigenvalue weighted by molar-refractivity contribution is 5.44. The van der Waals surface area contributed by atoms with Gasteiger partial charge in [0.1, 0.15) is 11.3 Å². The summed E-state index contributed by atoms with van der Waals surface area (Å²) in [4.78, 5) is 2.42. The van der Waals surface area contributed by atoms with Crippen LogP contribution in [0.5, 0.6) is 0 Å². The first kappa shape index (κ1) is 20.5. The Balaban J connectivity index is 1.49. The highest BCUT2D eigenvalue weighted by Crippen LogP contribution is 2.51. The van der Waals surface area contributed by atoms with Gasteiger partial charge in [0.15, 0.2) is 0 Å². The van der Waals surface area contributed by atoms with Crippen molar-refractivity contribution in [2.75, 3.05) is 13.1 Å². The predicted octanol–water partition coefficient (Wildman–Crippen LogP) is 6.84. The Hall–Kier alpha value is -1.74. The van der Waals surface area contributed by atoms with E-state index in [2.05, 4.69) is 36.1 Å². The van der Waals surface area contributed by atoms with Gasteiger partial charge in [-0.3, -0.25) is 4.90 Å². The van der Waals surface area contributed by atoms with Gasteiger partial charge in [0.05, 0.1) is 0 Å². The normalized spacial score (nSPS) is 19.6. The number of halogens is 2. The molecule has 1 nitrogen and oxygen atoms in total. The number of benzene rings is 2. The van der Waals surface area contributed by atoms with Crippen molar-refractivity contribution in [2.45, 2.75) is 76.2 Å². The van der Waals surface area contributed by atoms with Crippen molar-refractivity contribution in [3.8, 4) is 0 Å². The van der Waals surface area contributed by atoms with E-state index in [1.807, 2.05) is 24.3 Å². The molecule has 3 heteroatoms. The van der Waals surface area contributed by atoms with Gasteiger partial charge in [0.2, 0.25) is 0 Å². The Morgan fingerprint density at radius 2 is 1.41 bits per heavy atom. The van der Waals surface area contributed by atoms with Crippen molar-refractivity contribution >= 4 is 0 Å². The molecule has 2 aromatic rings. The van der Waals surface area contributed by atoms with Crippen molar-refractivity contribution in [3.05, 3.63) is 70.8 Å². The lowest BCUT2D eigenvalue weighted by molar-refractivity contribution is 0.0513. The third-order valence-electron chi connectivity index (χ3n) is 7.03. The summed E-state index contributed by atoms with van der Waals surface area (Å²) >= 11 is 0. The molecule has 0 aromatic heterocycles. The van der Waals surface area contributed by atoms with E-state index in [-0.39, 0.29) is 0 Å². The summed E-state index contributed by atoms with van der Waals surface area (Å²) in [5.74, 6) is 0. The van der Waals surface area contributed by atoms with Crippen LogP contribution in [0.3, 0.4) is 0 Å². The molecule has 0 aliphatic heterocycles. The second-order valence-electron chi connectivity index (χ2n) is 8.93. The van der Waals surface area contributed by atoms with Gasteiger partial charge in [0, 0.05) is 6.54 Å². The van der Waals surface area contributed by atoms with Crippen LogP contribution < -0.4 is 0 Å². The molecule has 29 heavy (non-hydrogen) atoms. The molecule has 0 amide bonds. The smallest absolute Gasteiger partial charge is 0.136 e. The fraction of sp³-hybridized carbons (Fsp3) is 0.538. The number of alkyl halides is 2. The molecule has 4 rings (SSSR count). The lowest BCUT2D eigenvalue weighted by Crippen LogP contribution is -2.34. The lowest BCUT2D eigenvalue weighted by Gasteiger charge is -2.40. The molecule has 0 saturated heterocycles. The number of hydrogen-bond donors (Lipinski definition) is 0. The minimum Gasteiger partial charge on any atom is -0.299 e. The van der Waals surface area contributed by atoms with Crippen LogP contribution in [-0.2, 0) is 24.3 Å². The van der Waals surface area contributed by atoms with Crippen LogP contribution in [0.15, 0.2) is 48.5 Å². The maximum Gasteiger partial charge on any atom is 0.136 e. The summed E-state index contributed by atoms with van der Waals surface area (Å²) in [6.07, 6.45) is 5.87. The van der Waals surface area contributed by atoms with Gasteiger partial charge in [-0.05, 0) is 86.7 Å². The molecule has 0 heterocycles. The minimum atomic E-state index is -1.24. The SMILES string of the molecule is CCN(CCCc1c(C2(F)CCC2)cccc1C1(F)CCC1)Cc1ccccc1. The Morgan fingerprint density at radius 1 is 0.828 bits per heavy atom. The molecule has 0 atom stereocenters. The summed E-state index contributed by atoms with van der Waals surface area (Å²) in [7, 11) is 0. The Bertz CT molecular complexity index is 770. The van der Waals surface area contributed by atoms with Crippen LogP contribution in [0.2, 0.25) is 0 Å². The first-order valence-corrected chi connectivity index (χ1v) is 11.3. The van der Waals surface area contributed by atoms with E-state index in [1.54, 1.807) is 0 Å². The zero-order chi connectivity index (χ0) is 20.3. The van der Waals surface area contributed by atoms with Gasteiger partial charge >= 0.3 is 0 Å². The zero-order valence-corrected chi connectivity index (χ0v) is 17.6. The van der Waals surface area contributed by atoms with Gasteiger partial charge in [0.25, 0.3) is 0 Å². The van der Waals surface area contributed by atoms with Crippen LogP contribution in [-0.4, -0.2) is 18.0 Å². The van der Waals surface area contributed by atoms with Crippen LogP contribution in [0.4, 0.5) is 8.78 Å². The summed E-state index contributed by atoms with van der Waals surface area (Å²) in [5, 5.41) is 0. The second-order valence-corrected chi connectivity index (χ2v) is 8.93. The molecule has 2 aliphatic rings. The second kappa shape index (κ2) is 8.55. The van der Waals surface area contributed by atoms with Crippen LogP contribution in [0, 0.1) is 0 Å². The van der Waals surface area contributed by atoms with Crippen molar-refractivity contribution in [1.29, 1.82) is 0 Å². The van der Waals surface area contributed by atoms with Crippen molar-refractivity contribution in [2.24, 2.45) is 0 Å². The quantitative estimate of drug-likeness (QED) is 0.448. The fourth-order valence-corrected chi connectivity index (χ4v) is 4.88. The topological polar surface area (TPSA) is 3.24 Å². The van der Waals surface area contributed by atoms with Gasteiger partial charge in [-0.25, -0.2) is 8.78 Å². The molecule has 0 unspecified atom stereocenters. The average molecular weight is 398 g/mol. The summed E-state index contributed by atoms with van der Waals surface area (Å²) < 4.78 is 30.8. The van der Waals surface area contributed by atoms with Crippen LogP contribution >= 0.6 is 0 Å². The van der Waals surface area contributed by atoms with E-state index in [4.69, 9.17) is 0 Å².